The molecule has 0 radical (unpaired) electrons. The number of ether oxygens (including phenoxy) is 1. The second-order valence-electron chi connectivity index (χ2n) is 7.53. The molecule has 4 aromatic rings. The highest BCUT2D eigenvalue weighted by atomic mass is 35.5. The van der Waals surface area contributed by atoms with Gasteiger partial charge in [0.1, 0.15) is 5.75 Å². The number of hydrogen-bond acceptors (Lipinski definition) is 7. The molecule has 0 fully saturated rings. The number of aryl methyl sites for hydroxylation is 2. The minimum absolute atomic E-state index is 0.000648. The van der Waals surface area contributed by atoms with Gasteiger partial charge in [-0.05, 0) is 68.4 Å². The summed E-state index contributed by atoms with van der Waals surface area (Å²) < 4.78 is 34.7. The zero-order valence-electron chi connectivity index (χ0n) is 18.8. The van der Waals surface area contributed by atoms with Crippen LogP contribution in [0.1, 0.15) is 21.9 Å². The van der Waals surface area contributed by atoms with E-state index in [4.69, 9.17) is 16.3 Å². The number of anilines is 2. The summed E-state index contributed by atoms with van der Waals surface area (Å²) in [5.41, 5.74) is 1.87. The predicted molar refractivity (Wildman–Crippen MR) is 131 cm³/mol. The molecule has 12 heteroatoms. The van der Waals surface area contributed by atoms with Gasteiger partial charge in [0.2, 0.25) is 5.95 Å². The zero-order chi connectivity index (χ0) is 25.0. The highest BCUT2D eigenvalue weighted by Gasteiger charge is 2.17. The summed E-state index contributed by atoms with van der Waals surface area (Å²) in [4.78, 5) is 20.7. The lowest BCUT2D eigenvalue weighted by Crippen LogP contribution is -2.16. The Hall–Kier alpha value is -3.96. The zero-order valence-corrected chi connectivity index (χ0v) is 20.3. The molecule has 0 unspecified atom stereocenters. The Morgan fingerprint density at radius 2 is 1.74 bits per heavy atom. The first-order chi connectivity index (χ1) is 16.7. The number of rotatable bonds is 8. The molecule has 2 aromatic heterocycles. The molecule has 0 saturated heterocycles. The highest BCUT2D eigenvalue weighted by molar-refractivity contribution is 7.92. The largest absolute Gasteiger partial charge is 0.471 e. The van der Waals surface area contributed by atoms with Crippen molar-refractivity contribution >= 4 is 39.2 Å². The number of benzene rings is 2. The number of nitrogens with zero attached hydrogens (tertiary/aromatic N) is 4. The maximum atomic E-state index is 12.7. The van der Waals surface area contributed by atoms with Crippen LogP contribution in [0.25, 0.3) is 0 Å². The summed E-state index contributed by atoms with van der Waals surface area (Å²) in [6, 6.07) is 15.9. The topological polar surface area (TPSA) is 128 Å². The SMILES string of the molecule is Cc1cc(C)nc(NS(=O)(=O)c2ccc(NC(=O)c3ccn(COc4cccc(Cl)c4)n3)cc2)n1. The fourth-order valence-electron chi connectivity index (χ4n) is 3.12. The summed E-state index contributed by atoms with van der Waals surface area (Å²) in [5.74, 6) is 0.117. The van der Waals surface area contributed by atoms with Gasteiger partial charge in [-0.15, -0.1) is 0 Å². The molecule has 2 N–H and O–H groups in total. The lowest BCUT2D eigenvalue weighted by molar-refractivity contribution is 0.102. The lowest BCUT2D eigenvalue weighted by Gasteiger charge is -2.09. The van der Waals surface area contributed by atoms with Crippen LogP contribution in [-0.2, 0) is 16.8 Å². The number of carbonyl (C=O) groups is 1. The summed E-state index contributed by atoms with van der Waals surface area (Å²) in [7, 11) is -3.90. The smallest absolute Gasteiger partial charge is 0.276 e. The minimum atomic E-state index is -3.90. The van der Waals surface area contributed by atoms with Gasteiger partial charge < -0.3 is 10.1 Å². The maximum absolute atomic E-state index is 12.7. The molecule has 0 aliphatic carbocycles. The standard InChI is InChI=1S/C23H21ClN6O4S/c1-15-12-16(2)26-23(25-15)29-35(32,33)20-8-6-18(7-9-20)27-22(31)21-10-11-30(28-21)14-34-19-5-3-4-17(24)13-19/h3-13H,14H2,1-2H3,(H,27,31)(H,25,26,29). The van der Waals surface area contributed by atoms with Crippen molar-refractivity contribution in [3.05, 3.63) is 89.0 Å². The van der Waals surface area contributed by atoms with Crippen LogP contribution in [0.3, 0.4) is 0 Å². The quantitative estimate of drug-likeness (QED) is 0.364. The van der Waals surface area contributed by atoms with Gasteiger partial charge in [-0.25, -0.2) is 27.8 Å². The van der Waals surface area contributed by atoms with Crippen molar-refractivity contribution in [1.82, 2.24) is 19.7 Å². The van der Waals surface area contributed by atoms with Gasteiger partial charge >= 0.3 is 0 Å². The van der Waals surface area contributed by atoms with Gasteiger partial charge in [0, 0.05) is 28.3 Å². The molecule has 2 heterocycles. The predicted octanol–water partition coefficient (Wildman–Crippen LogP) is 4.03. The normalized spacial score (nSPS) is 11.2. The molecule has 35 heavy (non-hydrogen) atoms. The number of halogens is 1. The van der Waals surface area contributed by atoms with Crippen molar-refractivity contribution < 1.29 is 17.9 Å². The number of carbonyl (C=O) groups excluding carboxylic acids is 1. The molecule has 0 bridgehead atoms. The summed E-state index contributed by atoms with van der Waals surface area (Å²) in [6.07, 6.45) is 1.61. The van der Waals surface area contributed by atoms with Crippen LogP contribution >= 0.6 is 11.6 Å². The van der Waals surface area contributed by atoms with Crippen molar-refractivity contribution in [2.45, 2.75) is 25.5 Å². The second kappa shape index (κ2) is 10.1. The first-order valence-corrected chi connectivity index (χ1v) is 12.2. The molecule has 0 spiro atoms. The Kier molecular flexibility index (Phi) is 6.99. The van der Waals surface area contributed by atoms with E-state index in [1.807, 2.05) is 0 Å². The van der Waals surface area contributed by atoms with Crippen molar-refractivity contribution in [2.24, 2.45) is 0 Å². The molecule has 2 aromatic carbocycles. The van der Waals surface area contributed by atoms with Crippen LogP contribution < -0.4 is 14.8 Å². The Balaban J connectivity index is 1.37. The lowest BCUT2D eigenvalue weighted by atomic mass is 10.3. The van der Waals surface area contributed by atoms with Gasteiger partial charge in [-0.1, -0.05) is 17.7 Å². The van der Waals surface area contributed by atoms with Gasteiger partial charge in [0.25, 0.3) is 15.9 Å². The van der Waals surface area contributed by atoms with Gasteiger partial charge in [0.15, 0.2) is 12.4 Å². The van der Waals surface area contributed by atoms with E-state index >= 15 is 0 Å². The van der Waals surface area contributed by atoms with E-state index in [0.717, 1.165) is 0 Å². The number of nitrogens with one attached hydrogen (secondary N) is 2. The first kappa shape index (κ1) is 24.2. The van der Waals surface area contributed by atoms with E-state index in [0.29, 0.717) is 27.8 Å². The van der Waals surface area contributed by atoms with Crippen LogP contribution in [0.2, 0.25) is 5.02 Å². The molecule has 10 nitrogen and oxygen atoms in total. The fraction of sp³-hybridized carbons (Fsp3) is 0.130. The molecule has 0 saturated carbocycles. The van der Waals surface area contributed by atoms with E-state index < -0.39 is 15.9 Å². The molecule has 0 atom stereocenters. The average molecular weight is 513 g/mol. The van der Waals surface area contributed by atoms with Crippen molar-refractivity contribution in [3.63, 3.8) is 0 Å². The Labute approximate surface area is 207 Å². The average Bonchev–Trinajstić information content (AvgIpc) is 3.26. The van der Waals surface area contributed by atoms with Crippen molar-refractivity contribution in [3.8, 4) is 5.75 Å². The minimum Gasteiger partial charge on any atom is -0.471 e. The Morgan fingerprint density at radius 3 is 2.43 bits per heavy atom. The van der Waals surface area contributed by atoms with Crippen LogP contribution in [0.4, 0.5) is 11.6 Å². The van der Waals surface area contributed by atoms with Crippen LogP contribution in [-0.4, -0.2) is 34.1 Å². The van der Waals surface area contributed by atoms with Crippen LogP contribution in [0.15, 0.2) is 71.8 Å². The number of hydrogen-bond donors (Lipinski definition) is 2. The summed E-state index contributed by atoms with van der Waals surface area (Å²) in [6.45, 7) is 3.59. The van der Waals surface area contributed by atoms with E-state index in [9.17, 15) is 13.2 Å². The monoisotopic (exact) mass is 512 g/mol. The third kappa shape index (κ3) is 6.34. The number of sulfonamides is 1. The third-order valence-corrected chi connectivity index (χ3v) is 6.24. The first-order valence-electron chi connectivity index (χ1n) is 10.4. The summed E-state index contributed by atoms with van der Waals surface area (Å²) >= 11 is 5.93. The highest BCUT2D eigenvalue weighted by Crippen LogP contribution is 2.19. The van der Waals surface area contributed by atoms with Crippen LogP contribution in [0.5, 0.6) is 5.75 Å². The molecule has 0 aliphatic rings. The molecular weight excluding hydrogens is 492 g/mol. The van der Waals surface area contributed by atoms with Gasteiger partial charge in [-0.3, -0.25) is 4.79 Å². The van der Waals surface area contributed by atoms with E-state index in [1.54, 1.807) is 56.4 Å². The molecule has 1 amide bonds. The molecular formula is C23H21ClN6O4S. The van der Waals surface area contributed by atoms with Gasteiger partial charge in [0.05, 0.1) is 4.90 Å². The van der Waals surface area contributed by atoms with E-state index in [2.05, 4.69) is 25.1 Å². The molecule has 0 aliphatic heterocycles. The van der Waals surface area contributed by atoms with Crippen LogP contribution in [0, 0.1) is 13.8 Å². The third-order valence-electron chi connectivity index (χ3n) is 4.66. The summed E-state index contributed by atoms with van der Waals surface area (Å²) in [5, 5.41) is 7.42. The maximum Gasteiger partial charge on any atom is 0.276 e. The second-order valence-corrected chi connectivity index (χ2v) is 9.65. The van der Waals surface area contributed by atoms with E-state index in [1.165, 1.54) is 28.9 Å². The van der Waals surface area contributed by atoms with Crippen molar-refractivity contribution in [1.29, 1.82) is 0 Å². The Bertz CT molecular complexity index is 1450. The van der Waals surface area contributed by atoms with Gasteiger partial charge in [-0.2, -0.15) is 5.10 Å². The van der Waals surface area contributed by atoms with E-state index in [-0.39, 0.29) is 23.3 Å². The van der Waals surface area contributed by atoms with Crippen molar-refractivity contribution in [2.75, 3.05) is 10.0 Å². The molecule has 4 rings (SSSR count). The number of amides is 1. The Morgan fingerprint density at radius 1 is 1.03 bits per heavy atom. The molecule has 180 valence electrons. The number of aromatic nitrogens is 4. The fourth-order valence-corrected chi connectivity index (χ4v) is 4.24.